The predicted molar refractivity (Wildman–Crippen MR) is 115 cm³/mol. The topological polar surface area (TPSA) is 103 Å². The number of hydrogen-bond donors (Lipinski definition) is 1. The normalized spacial score (nSPS) is 10.6. The van der Waals surface area contributed by atoms with Crippen molar-refractivity contribution in [3.63, 3.8) is 0 Å². The van der Waals surface area contributed by atoms with Gasteiger partial charge in [-0.1, -0.05) is 53.7 Å². The van der Waals surface area contributed by atoms with Crippen molar-refractivity contribution < 1.29 is 9.72 Å². The minimum absolute atomic E-state index is 0.0510. The zero-order chi connectivity index (χ0) is 21.5. The molecule has 1 heterocycles. The molecule has 0 bridgehead atoms. The van der Waals surface area contributed by atoms with Crippen LogP contribution in [0.25, 0.3) is 0 Å². The highest BCUT2D eigenvalue weighted by Crippen LogP contribution is 2.23. The molecular formula is C20H18ClN5O3S. The summed E-state index contributed by atoms with van der Waals surface area (Å²) in [5, 5.41) is 23.0. The van der Waals surface area contributed by atoms with E-state index in [9.17, 15) is 14.9 Å². The van der Waals surface area contributed by atoms with Gasteiger partial charge in [-0.15, -0.1) is 16.8 Å². The van der Waals surface area contributed by atoms with E-state index in [4.69, 9.17) is 11.6 Å². The monoisotopic (exact) mass is 443 g/mol. The first-order valence-corrected chi connectivity index (χ1v) is 10.3. The summed E-state index contributed by atoms with van der Waals surface area (Å²) in [4.78, 5) is 22.7. The van der Waals surface area contributed by atoms with Crippen molar-refractivity contribution in [3.8, 4) is 0 Å². The van der Waals surface area contributed by atoms with Crippen molar-refractivity contribution in [2.45, 2.75) is 24.0 Å². The Labute approximate surface area is 182 Å². The minimum Gasteiger partial charge on any atom is -0.345 e. The lowest BCUT2D eigenvalue weighted by Gasteiger charge is -2.09. The second kappa shape index (κ2) is 10.0. The highest BCUT2D eigenvalue weighted by Gasteiger charge is 2.15. The molecule has 1 N–H and O–H groups in total. The van der Waals surface area contributed by atoms with Gasteiger partial charge in [0.15, 0.2) is 11.0 Å². The SMILES string of the molecule is C=CCn1c(CNC(=O)c2ccccc2Cl)nnc1SCc1ccc([N+](=O)[O-])cc1. The van der Waals surface area contributed by atoms with Crippen LogP contribution in [0.2, 0.25) is 5.02 Å². The predicted octanol–water partition coefficient (Wildman–Crippen LogP) is 4.25. The number of benzene rings is 2. The molecule has 8 nitrogen and oxygen atoms in total. The summed E-state index contributed by atoms with van der Waals surface area (Å²) < 4.78 is 1.86. The van der Waals surface area contributed by atoms with E-state index in [0.717, 1.165) is 5.56 Å². The van der Waals surface area contributed by atoms with Gasteiger partial charge in [0, 0.05) is 24.4 Å². The summed E-state index contributed by atoms with van der Waals surface area (Å²) in [5.41, 5.74) is 1.36. The molecule has 3 aromatic rings. The number of thioether (sulfide) groups is 1. The number of nitrogens with zero attached hydrogens (tertiary/aromatic N) is 4. The van der Waals surface area contributed by atoms with Crippen molar-refractivity contribution in [3.05, 3.63) is 93.3 Å². The van der Waals surface area contributed by atoms with Crippen LogP contribution in [0, 0.1) is 10.1 Å². The van der Waals surface area contributed by atoms with Crippen LogP contribution >= 0.6 is 23.4 Å². The molecule has 10 heteroatoms. The molecule has 154 valence electrons. The van der Waals surface area contributed by atoms with Crippen LogP contribution in [0.3, 0.4) is 0 Å². The van der Waals surface area contributed by atoms with Crippen LogP contribution in [0.4, 0.5) is 5.69 Å². The number of non-ortho nitro benzene ring substituents is 1. The van der Waals surface area contributed by atoms with Crippen molar-refractivity contribution in [1.82, 2.24) is 20.1 Å². The number of carbonyl (C=O) groups excluding carboxylic acids is 1. The molecule has 0 saturated heterocycles. The fourth-order valence-electron chi connectivity index (χ4n) is 2.63. The fraction of sp³-hybridized carbons (Fsp3) is 0.150. The van der Waals surface area contributed by atoms with Crippen LogP contribution in [0.5, 0.6) is 0 Å². The van der Waals surface area contributed by atoms with Crippen molar-refractivity contribution >= 4 is 35.0 Å². The van der Waals surface area contributed by atoms with Gasteiger partial charge in [0.1, 0.15) is 0 Å². The van der Waals surface area contributed by atoms with Crippen molar-refractivity contribution in [1.29, 1.82) is 0 Å². The fourth-order valence-corrected chi connectivity index (χ4v) is 3.77. The average molecular weight is 444 g/mol. The molecule has 0 unspecified atom stereocenters. The summed E-state index contributed by atoms with van der Waals surface area (Å²) in [6.07, 6.45) is 1.72. The minimum atomic E-state index is -0.430. The van der Waals surface area contributed by atoms with Crippen LogP contribution in [0.15, 0.2) is 66.3 Å². The Morgan fingerprint density at radius 2 is 1.97 bits per heavy atom. The molecule has 0 aliphatic rings. The molecule has 0 spiro atoms. The lowest BCUT2D eigenvalue weighted by atomic mass is 10.2. The molecule has 1 aromatic heterocycles. The van der Waals surface area contributed by atoms with E-state index in [1.165, 1.54) is 23.9 Å². The van der Waals surface area contributed by atoms with Crippen LogP contribution < -0.4 is 5.32 Å². The maximum Gasteiger partial charge on any atom is 0.269 e. The smallest absolute Gasteiger partial charge is 0.269 e. The second-order valence-corrected chi connectivity index (χ2v) is 7.52. The number of halogens is 1. The summed E-state index contributed by atoms with van der Waals surface area (Å²) >= 11 is 7.51. The number of carbonyl (C=O) groups is 1. The maximum atomic E-state index is 12.4. The Morgan fingerprint density at radius 1 is 1.23 bits per heavy atom. The van der Waals surface area contributed by atoms with E-state index < -0.39 is 4.92 Å². The third-order valence-corrected chi connectivity index (χ3v) is 5.51. The number of nitro groups is 1. The quantitative estimate of drug-likeness (QED) is 0.229. The zero-order valence-electron chi connectivity index (χ0n) is 15.8. The molecule has 0 aliphatic heterocycles. The Morgan fingerprint density at radius 3 is 2.63 bits per heavy atom. The van der Waals surface area contributed by atoms with E-state index in [2.05, 4.69) is 22.1 Å². The van der Waals surface area contributed by atoms with E-state index in [1.54, 1.807) is 42.5 Å². The molecule has 2 aromatic carbocycles. The van der Waals surface area contributed by atoms with Gasteiger partial charge in [-0.3, -0.25) is 14.9 Å². The molecule has 3 rings (SSSR count). The number of hydrogen-bond acceptors (Lipinski definition) is 6. The molecule has 1 amide bonds. The van der Waals surface area contributed by atoms with Crippen LogP contribution in [-0.2, 0) is 18.8 Å². The standard InChI is InChI=1S/C20H18ClN5O3S/c1-2-11-25-18(12-22-19(27)16-5-3-4-6-17(16)21)23-24-20(25)30-13-14-7-9-15(10-8-14)26(28)29/h2-10H,1,11-13H2,(H,22,27). The molecule has 0 aliphatic carbocycles. The lowest BCUT2D eigenvalue weighted by Crippen LogP contribution is -2.25. The summed E-state index contributed by atoms with van der Waals surface area (Å²) in [7, 11) is 0. The third kappa shape index (κ3) is 5.25. The molecule has 0 saturated carbocycles. The molecule has 30 heavy (non-hydrogen) atoms. The lowest BCUT2D eigenvalue weighted by molar-refractivity contribution is -0.384. The summed E-state index contributed by atoms with van der Waals surface area (Å²) in [6, 6.07) is 13.2. The van der Waals surface area contributed by atoms with Gasteiger partial charge in [-0.25, -0.2) is 0 Å². The summed E-state index contributed by atoms with van der Waals surface area (Å²) in [5.74, 6) is 0.856. The molecular weight excluding hydrogens is 426 g/mol. The van der Waals surface area contributed by atoms with E-state index in [1.807, 2.05) is 4.57 Å². The average Bonchev–Trinajstić information content (AvgIpc) is 3.13. The van der Waals surface area contributed by atoms with Crippen LogP contribution in [-0.4, -0.2) is 25.6 Å². The summed E-state index contributed by atoms with van der Waals surface area (Å²) in [6.45, 7) is 4.42. The highest BCUT2D eigenvalue weighted by atomic mass is 35.5. The number of aromatic nitrogens is 3. The zero-order valence-corrected chi connectivity index (χ0v) is 17.4. The number of nitro benzene ring substituents is 1. The first-order chi connectivity index (χ1) is 14.5. The Bertz CT molecular complexity index is 1070. The van der Waals surface area contributed by atoms with Gasteiger partial charge in [0.25, 0.3) is 11.6 Å². The van der Waals surface area contributed by atoms with Crippen LogP contribution in [0.1, 0.15) is 21.7 Å². The molecule has 0 atom stereocenters. The molecule has 0 fully saturated rings. The number of nitrogens with one attached hydrogen (secondary N) is 1. The largest absolute Gasteiger partial charge is 0.345 e. The van der Waals surface area contributed by atoms with Crippen molar-refractivity contribution in [2.75, 3.05) is 0 Å². The van der Waals surface area contributed by atoms with Gasteiger partial charge in [0.2, 0.25) is 0 Å². The van der Waals surface area contributed by atoms with Gasteiger partial charge in [0.05, 0.1) is 22.1 Å². The van der Waals surface area contributed by atoms with Crippen molar-refractivity contribution in [2.24, 2.45) is 0 Å². The Kier molecular flexibility index (Phi) is 7.21. The van der Waals surface area contributed by atoms with Gasteiger partial charge in [-0.05, 0) is 17.7 Å². The van der Waals surface area contributed by atoms with E-state index in [0.29, 0.717) is 33.9 Å². The van der Waals surface area contributed by atoms with E-state index in [-0.39, 0.29) is 18.1 Å². The first kappa shape index (κ1) is 21.5. The van der Waals surface area contributed by atoms with Gasteiger partial charge in [-0.2, -0.15) is 0 Å². The molecule has 0 radical (unpaired) electrons. The first-order valence-electron chi connectivity index (χ1n) is 8.91. The van der Waals surface area contributed by atoms with Gasteiger partial charge < -0.3 is 9.88 Å². The third-order valence-electron chi connectivity index (χ3n) is 4.15. The Balaban J connectivity index is 1.67. The second-order valence-electron chi connectivity index (χ2n) is 6.17. The number of rotatable bonds is 9. The number of amides is 1. The number of allylic oxidation sites excluding steroid dienone is 1. The Hall–Kier alpha value is -3.17. The van der Waals surface area contributed by atoms with Gasteiger partial charge >= 0.3 is 0 Å². The highest BCUT2D eigenvalue weighted by molar-refractivity contribution is 7.98. The maximum absolute atomic E-state index is 12.4. The van der Waals surface area contributed by atoms with E-state index >= 15 is 0 Å².